The van der Waals surface area contributed by atoms with E-state index in [1.807, 2.05) is 12.1 Å². The first-order valence-electron chi connectivity index (χ1n) is 8.48. The van der Waals surface area contributed by atoms with Crippen molar-refractivity contribution >= 4 is 21.8 Å². The molecule has 4 rings (SSSR count). The molecular formula is C18H23BrN2O. The zero-order valence-electron chi connectivity index (χ0n) is 12.9. The zero-order chi connectivity index (χ0) is 15.2. The summed E-state index contributed by atoms with van der Waals surface area (Å²) in [7, 11) is 0. The van der Waals surface area contributed by atoms with E-state index in [0.29, 0.717) is 11.9 Å². The molecule has 0 bridgehead atoms. The molecule has 1 aliphatic carbocycles. The van der Waals surface area contributed by atoms with Gasteiger partial charge in [-0.05, 0) is 62.9 Å². The maximum Gasteiger partial charge on any atom is 0.233 e. The van der Waals surface area contributed by atoms with E-state index >= 15 is 0 Å². The average Bonchev–Trinajstić information content (AvgIpc) is 2.95. The van der Waals surface area contributed by atoms with E-state index in [1.165, 1.54) is 31.5 Å². The van der Waals surface area contributed by atoms with Crippen molar-refractivity contribution in [2.75, 3.05) is 26.2 Å². The van der Waals surface area contributed by atoms with E-state index in [-0.39, 0.29) is 5.41 Å². The van der Waals surface area contributed by atoms with Crippen LogP contribution in [0.15, 0.2) is 28.7 Å². The van der Waals surface area contributed by atoms with Crippen LogP contribution in [0, 0.1) is 0 Å². The maximum atomic E-state index is 13.1. The summed E-state index contributed by atoms with van der Waals surface area (Å²) in [6.45, 7) is 4.33. The molecule has 1 aromatic carbocycles. The third-order valence-corrected chi connectivity index (χ3v) is 6.14. The molecule has 118 valence electrons. The molecular weight excluding hydrogens is 340 g/mol. The summed E-state index contributed by atoms with van der Waals surface area (Å²) in [4.78, 5) is 17.8. The highest BCUT2D eigenvalue weighted by Crippen LogP contribution is 2.50. The van der Waals surface area contributed by atoms with Crippen molar-refractivity contribution < 1.29 is 4.79 Å². The lowest BCUT2D eigenvalue weighted by Gasteiger charge is -2.26. The summed E-state index contributed by atoms with van der Waals surface area (Å²) >= 11 is 3.54. The molecule has 0 radical (unpaired) electrons. The van der Waals surface area contributed by atoms with Gasteiger partial charge in [0.2, 0.25) is 5.91 Å². The second-order valence-corrected chi connectivity index (χ2v) is 7.94. The van der Waals surface area contributed by atoms with Gasteiger partial charge in [-0.15, -0.1) is 0 Å². The van der Waals surface area contributed by atoms with E-state index in [9.17, 15) is 4.79 Å². The fraction of sp³-hybridized carbons (Fsp3) is 0.611. The number of carbonyl (C=O) groups is 1. The van der Waals surface area contributed by atoms with E-state index in [0.717, 1.165) is 36.8 Å². The summed E-state index contributed by atoms with van der Waals surface area (Å²) in [6.07, 6.45) is 5.82. The number of amides is 1. The van der Waals surface area contributed by atoms with Gasteiger partial charge in [0.15, 0.2) is 0 Å². The van der Waals surface area contributed by atoms with Crippen molar-refractivity contribution in [2.45, 2.75) is 43.6 Å². The Bertz CT molecular complexity index is 578. The molecule has 3 aliphatic rings. The second kappa shape index (κ2) is 5.64. The molecule has 0 spiro atoms. The summed E-state index contributed by atoms with van der Waals surface area (Å²) in [5.41, 5.74) is 0.973. The molecule has 1 amide bonds. The Labute approximate surface area is 140 Å². The molecule has 4 heteroatoms. The van der Waals surface area contributed by atoms with Gasteiger partial charge in [-0.3, -0.25) is 9.69 Å². The van der Waals surface area contributed by atoms with Gasteiger partial charge in [0, 0.05) is 23.6 Å². The van der Waals surface area contributed by atoms with Crippen LogP contribution in [-0.4, -0.2) is 47.9 Å². The largest absolute Gasteiger partial charge is 0.340 e. The molecule has 2 aliphatic heterocycles. The van der Waals surface area contributed by atoms with Gasteiger partial charge in [0.1, 0.15) is 0 Å². The van der Waals surface area contributed by atoms with Crippen LogP contribution >= 0.6 is 15.9 Å². The monoisotopic (exact) mass is 362 g/mol. The van der Waals surface area contributed by atoms with Crippen molar-refractivity contribution in [1.82, 2.24) is 9.80 Å². The van der Waals surface area contributed by atoms with E-state index in [1.54, 1.807) is 0 Å². The van der Waals surface area contributed by atoms with Crippen LogP contribution in [0.2, 0.25) is 0 Å². The average molecular weight is 363 g/mol. The Morgan fingerprint density at radius 1 is 1.18 bits per heavy atom. The summed E-state index contributed by atoms with van der Waals surface area (Å²) in [5, 5.41) is 0. The molecule has 0 unspecified atom stereocenters. The molecule has 2 saturated heterocycles. The van der Waals surface area contributed by atoms with Crippen LogP contribution in [0.1, 0.15) is 37.7 Å². The number of hydrogen-bond donors (Lipinski definition) is 0. The Morgan fingerprint density at radius 2 is 1.95 bits per heavy atom. The van der Waals surface area contributed by atoms with Crippen LogP contribution in [0.4, 0.5) is 0 Å². The zero-order valence-corrected chi connectivity index (χ0v) is 14.5. The maximum absolute atomic E-state index is 13.1. The fourth-order valence-electron chi connectivity index (χ4n) is 4.17. The first-order chi connectivity index (χ1) is 10.7. The van der Waals surface area contributed by atoms with Crippen molar-refractivity contribution in [3.8, 4) is 0 Å². The minimum atomic E-state index is -0.219. The van der Waals surface area contributed by atoms with Gasteiger partial charge in [-0.1, -0.05) is 28.1 Å². The molecule has 2 heterocycles. The highest BCUT2D eigenvalue weighted by molar-refractivity contribution is 9.10. The van der Waals surface area contributed by atoms with Gasteiger partial charge in [0.05, 0.1) is 5.41 Å². The highest BCUT2D eigenvalue weighted by atomic mass is 79.9. The molecule has 3 nitrogen and oxygen atoms in total. The lowest BCUT2D eigenvalue weighted by atomic mass is 9.94. The van der Waals surface area contributed by atoms with Gasteiger partial charge in [-0.2, -0.15) is 0 Å². The quantitative estimate of drug-likeness (QED) is 0.824. The van der Waals surface area contributed by atoms with Gasteiger partial charge in [-0.25, -0.2) is 0 Å². The molecule has 1 atom stereocenters. The van der Waals surface area contributed by atoms with Crippen molar-refractivity contribution in [2.24, 2.45) is 0 Å². The summed E-state index contributed by atoms with van der Waals surface area (Å²) in [5.74, 6) is 0.368. The molecule has 1 aromatic rings. The van der Waals surface area contributed by atoms with Crippen LogP contribution < -0.4 is 0 Å². The van der Waals surface area contributed by atoms with Crippen LogP contribution in [-0.2, 0) is 10.2 Å². The number of nitrogens with zero attached hydrogens (tertiary/aromatic N) is 2. The molecule has 3 fully saturated rings. The van der Waals surface area contributed by atoms with Crippen molar-refractivity contribution in [1.29, 1.82) is 0 Å². The molecule has 22 heavy (non-hydrogen) atoms. The van der Waals surface area contributed by atoms with E-state index < -0.39 is 0 Å². The minimum absolute atomic E-state index is 0.219. The van der Waals surface area contributed by atoms with Gasteiger partial charge in [0.25, 0.3) is 0 Å². The fourth-order valence-corrected chi connectivity index (χ4v) is 4.57. The highest BCUT2D eigenvalue weighted by Gasteiger charge is 2.54. The first kappa shape index (κ1) is 14.7. The smallest absolute Gasteiger partial charge is 0.233 e. The molecule has 1 saturated carbocycles. The number of hydrogen-bond acceptors (Lipinski definition) is 2. The Morgan fingerprint density at radius 3 is 2.64 bits per heavy atom. The molecule has 0 aromatic heterocycles. The Hall–Kier alpha value is -0.870. The predicted octanol–water partition coefficient (Wildman–Crippen LogP) is 3.18. The lowest BCUT2D eigenvalue weighted by molar-refractivity contribution is -0.133. The summed E-state index contributed by atoms with van der Waals surface area (Å²) < 4.78 is 1.07. The van der Waals surface area contributed by atoms with Crippen LogP contribution in [0.3, 0.4) is 0 Å². The Kier molecular flexibility index (Phi) is 3.77. The van der Waals surface area contributed by atoms with Crippen molar-refractivity contribution in [3.05, 3.63) is 34.3 Å². The number of likely N-dealkylation sites (tertiary alicyclic amines) is 2. The van der Waals surface area contributed by atoms with Crippen LogP contribution in [0.25, 0.3) is 0 Å². The van der Waals surface area contributed by atoms with E-state index in [4.69, 9.17) is 0 Å². The first-order valence-corrected chi connectivity index (χ1v) is 9.28. The summed E-state index contributed by atoms with van der Waals surface area (Å²) in [6, 6.07) is 8.92. The number of halogens is 1. The van der Waals surface area contributed by atoms with Gasteiger partial charge < -0.3 is 4.90 Å². The van der Waals surface area contributed by atoms with Gasteiger partial charge >= 0.3 is 0 Å². The topological polar surface area (TPSA) is 23.6 Å². The predicted molar refractivity (Wildman–Crippen MR) is 90.8 cm³/mol. The minimum Gasteiger partial charge on any atom is -0.340 e. The number of rotatable bonds is 3. The number of benzene rings is 1. The number of carbonyl (C=O) groups excluding carboxylic acids is 1. The second-order valence-electron chi connectivity index (χ2n) is 7.03. The third-order valence-electron chi connectivity index (χ3n) is 5.64. The SMILES string of the molecule is O=C(N1CC[C@H](N2CCCC2)C1)C1(c2cccc(Br)c2)CC1. The van der Waals surface area contributed by atoms with Crippen molar-refractivity contribution in [3.63, 3.8) is 0 Å². The molecule has 0 N–H and O–H groups in total. The van der Waals surface area contributed by atoms with Crippen LogP contribution in [0.5, 0.6) is 0 Å². The Balaban J connectivity index is 1.48. The normalized spacial score (nSPS) is 27.3. The lowest BCUT2D eigenvalue weighted by Crippen LogP contribution is -2.41. The standard InChI is InChI=1S/C18H23BrN2O/c19-15-5-3-4-14(12-15)18(7-8-18)17(22)21-11-6-16(13-21)20-9-1-2-10-20/h3-5,12,16H,1-2,6-11,13H2/t16-/m0/s1. The third kappa shape index (κ3) is 2.50. The van der Waals surface area contributed by atoms with E-state index in [2.05, 4.69) is 37.9 Å².